The third kappa shape index (κ3) is 6.07. The van der Waals surface area contributed by atoms with Crippen LogP contribution in [0.2, 0.25) is 0 Å². The molecule has 32 heavy (non-hydrogen) atoms. The van der Waals surface area contributed by atoms with E-state index in [1.54, 1.807) is 0 Å². The minimum Gasteiger partial charge on any atom is -0.491 e. The lowest BCUT2D eigenvalue weighted by Crippen LogP contribution is -2.33. The number of nitrogens with zero attached hydrogens (tertiary/aromatic N) is 4. The number of benzene rings is 1. The van der Waals surface area contributed by atoms with E-state index in [1.165, 1.54) is 24.8 Å². The van der Waals surface area contributed by atoms with Crippen LogP contribution < -0.4 is 10.1 Å². The van der Waals surface area contributed by atoms with Gasteiger partial charge in [0, 0.05) is 51.5 Å². The topological polar surface area (TPSA) is 92.5 Å². The molecule has 8 heteroatoms. The van der Waals surface area contributed by atoms with E-state index in [0.29, 0.717) is 13.2 Å². The average Bonchev–Trinajstić information content (AvgIpc) is 3.10. The molecule has 2 aliphatic rings. The van der Waals surface area contributed by atoms with Gasteiger partial charge in [0.05, 0.1) is 6.61 Å². The Labute approximate surface area is 190 Å². The van der Waals surface area contributed by atoms with Gasteiger partial charge in [-0.3, -0.25) is 9.69 Å². The van der Waals surface area contributed by atoms with E-state index >= 15 is 0 Å². The number of fused-ring (bicyclic) bond motifs is 1. The fraction of sp³-hybridized carbons (Fsp3) is 0.625. The number of hydrogen-bond donors (Lipinski definition) is 2. The van der Waals surface area contributed by atoms with E-state index < -0.39 is 0 Å². The van der Waals surface area contributed by atoms with Gasteiger partial charge < -0.3 is 19.7 Å². The number of carbonyl (C=O) groups excluding carboxylic acids is 1. The summed E-state index contributed by atoms with van der Waals surface area (Å²) in [5, 5.41) is 20.9. The summed E-state index contributed by atoms with van der Waals surface area (Å²) in [6.45, 7) is 4.51. The van der Waals surface area contributed by atoms with Gasteiger partial charge in [0.15, 0.2) is 0 Å². The first-order valence-electron chi connectivity index (χ1n) is 12.0. The van der Waals surface area contributed by atoms with Crippen molar-refractivity contribution in [1.82, 2.24) is 25.0 Å². The molecule has 2 aromatic rings. The summed E-state index contributed by atoms with van der Waals surface area (Å²) >= 11 is 0. The molecule has 174 valence electrons. The molecule has 1 saturated carbocycles. The Morgan fingerprint density at radius 1 is 1.16 bits per heavy atom. The number of nitrogens with one attached hydrogen (secondary N) is 1. The van der Waals surface area contributed by atoms with Gasteiger partial charge in [0.2, 0.25) is 5.91 Å². The van der Waals surface area contributed by atoms with Crippen molar-refractivity contribution in [2.24, 2.45) is 5.92 Å². The first-order valence-corrected chi connectivity index (χ1v) is 12.0. The predicted molar refractivity (Wildman–Crippen MR) is 121 cm³/mol. The number of aliphatic hydroxyl groups excluding tert-OH is 1. The molecule has 0 bridgehead atoms. The number of hydrogen-bond acceptors (Lipinski definition) is 6. The summed E-state index contributed by atoms with van der Waals surface area (Å²) in [5.41, 5.74) is 1.20. The lowest BCUT2D eigenvalue weighted by molar-refractivity contribution is -0.125. The van der Waals surface area contributed by atoms with Crippen LogP contribution >= 0.6 is 0 Å². The lowest BCUT2D eigenvalue weighted by atomic mass is 9.89. The highest BCUT2D eigenvalue weighted by Gasteiger charge is 2.22. The van der Waals surface area contributed by atoms with Gasteiger partial charge in [-0.15, -0.1) is 10.2 Å². The number of ether oxygens (including phenoxy) is 1. The van der Waals surface area contributed by atoms with Gasteiger partial charge in [0.25, 0.3) is 0 Å². The van der Waals surface area contributed by atoms with Crippen molar-refractivity contribution in [1.29, 1.82) is 0 Å². The third-order valence-corrected chi connectivity index (χ3v) is 6.48. The third-order valence-electron chi connectivity index (χ3n) is 6.48. The van der Waals surface area contributed by atoms with E-state index in [2.05, 4.69) is 31.0 Å². The minimum absolute atomic E-state index is 0.0163. The molecular formula is C24H35N5O3. The van der Waals surface area contributed by atoms with E-state index in [-0.39, 0.29) is 18.4 Å². The quantitative estimate of drug-likeness (QED) is 0.618. The molecule has 1 fully saturated rings. The molecule has 1 aromatic heterocycles. The Balaban J connectivity index is 1.27. The normalized spacial score (nSPS) is 17.5. The van der Waals surface area contributed by atoms with Crippen LogP contribution in [0.15, 0.2) is 24.3 Å². The second kappa shape index (κ2) is 11.4. The highest BCUT2D eigenvalue weighted by atomic mass is 16.5. The fourth-order valence-electron chi connectivity index (χ4n) is 4.73. The molecule has 0 atom stereocenters. The molecule has 2 N–H and O–H groups in total. The van der Waals surface area contributed by atoms with Crippen LogP contribution in [-0.4, -0.2) is 63.5 Å². The zero-order valence-corrected chi connectivity index (χ0v) is 18.8. The molecule has 0 unspecified atom stereocenters. The first-order chi connectivity index (χ1) is 15.7. The summed E-state index contributed by atoms with van der Waals surface area (Å²) in [5.74, 6) is 3.18. The highest BCUT2D eigenvalue weighted by Crippen LogP contribution is 2.23. The van der Waals surface area contributed by atoms with Crippen LogP contribution in [-0.2, 0) is 30.7 Å². The van der Waals surface area contributed by atoms with Crippen molar-refractivity contribution in [2.45, 2.75) is 58.0 Å². The molecule has 1 aliphatic carbocycles. The van der Waals surface area contributed by atoms with E-state index in [1.807, 2.05) is 18.2 Å². The van der Waals surface area contributed by atoms with Crippen LogP contribution in [0.1, 0.15) is 49.3 Å². The van der Waals surface area contributed by atoms with Crippen molar-refractivity contribution >= 4 is 5.91 Å². The Morgan fingerprint density at radius 2 is 2.03 bits per heavy atom. The molecule has 2 heterocycles. The molecule has 1 aromatic carbocycles. The van der Waals surface area contributed by atoms with Gasteiger partial charge in [-0.05, 0) is 30.5 Å². The van der Waals surface area contributed by atoms with Crippen molar-refractivity contribution < 1.29 is 14.6 Å². The van der Waals surface area contributed by atoms with Crippen LogP contribution in [0.25, 0.3) is 0 Å². The Bertz CT molecular complexity index is 878. The predicted octanol–water partition coefficient (Wildman–Crippen LogP) is 1.95. The largest absolute Gasteiger partial charge is 0.491 e. The van der Waals surface area contributed by atoms with Crippen LogP contribution in [0.3, 0.4) is 0 Å². The molecule has 0 radical (unpaired) electrons. The van der Waals surface area contributed by atoms with E-state index in [9.17, 15) is 4.79 Å². The second-order valence-corrected chi connectivity index (χ2v) is 8.81. The van der Waals surface area contributed by atoms with Gasteiger partial charge in [-0.1, -0.05) is 31.4 Å². The van der Waals surface area contributed by atoms with Crippen LogP contribution in [0.5, 0.6) is 5.75 Å². The Morgan fingerprint density at radius 3 is 2.88 bits per heavy atom. The fourth-order valence-corrected chi connectivity index (χ4v) is 4.73. The van der Waals surface area contributed by atoms with Gasteiger partial charge >= 0.3 is 0 Å². The monoisotopic (exact) mass is 441 g/mol. The van der Waals surface area contributed by atoms with Crippen molar-refractivity contribution in [3.05, 3.63) is 41.5 Å². The average molecular weight is 442 g/mol. The molecule has 0 spiro atoms. The smallest absolute Gasteiger partial charge is 0.223 e. The molecule has 1 aliphatic heterocycles. The van der Waals surface area contributed by atoms with E-state index in [4.69, 9.17) is 9.84 Å². The summed E-state index contributed by atoms with van der Waals surface area (Å²) in [7, 11) is 0. The van der Waals surface area contributed by atoms with Crippen LogP contribution in [0.4, 0.5) is 0 Å². The highest BCUT2D eigenvalue weighted by molar-refractivity contribution is 5.78. The van der Waals surface area contributed by atoms with Crippen molar-refractivity contribution in [2.75, 3.05) is 32.8 Å². The van der Waals surface area contributed by atoms with Crippen LogP contribution in [0, 0.1) is 5.92 Å². The molecule has 0 saturated heterocycles. The zero-order valence-electron chi connectivity index (χ0n) is 18.8. The van der Waals surface area contributed by atoms with Gasteiger partial charge in [-0.2, -0.15) is 0 Å². The SMILES string of the molecule is O=C(NCCc1nnc2n1CCN(Cc1cccc(OCCO)c1)CC2)C1CCCCC1. The summed E-state index contributed by atoms with van der Waals surface area (Å²) in [4.78, 5) is 14.8. The number of amides is 1. The number of rotatable bonds is 9. The molecule has 8 nitrogen and oxygen atoms in total. The standard InChI is InChI=1S/C24H35N5O3/c30-15-16-32-21-8-4-5-19(17-21)18-28-12-10-23-27-26-22(29(23)14-13-28)9-11-25-24(31)20-6-2-1-3-7-20/h4-5,8,17,20,30H,1-3,6-7,9-16,18H2,(H,25,31). The summed E-state index contributed by atoms with van der Waals surface area (Å²) in [6, 6.07) is 8.06. The zero-order chi connectivity index (χ0) is 22.2. The van der Waals surface area contributed by atoms with Gasteiger partial charge in [0.1, 0.15) is 24.0 Å². The number of aliphatic hydroxyl groups is 1. The number of carbonyl (C=O) groups is 1. The maximum Gasteiger partial charge on any atom is 0.223 e. The first kappa shape index (κ1) is 22.7. The molecular weight excluding hydrogens is 406 g/mol. The summed E-state index contributed by atoms with van der Waals surface area (Å²) in [6.07, 6.45) is 7.24. The maximum absolute atomic E-state index is 12.4. The van der Waals surface area contributed by atoms with Gasteiger partial charge in [-0.25, -0.2) is 0 Å². The summed E-state index contributed by atoms with van der Waals surface area (Å²) < 4.78 is 7.77. The molecule has 4 rings (SSSR count). The minimum atomic E-state index is 0.0163. The molecule has 1 amide bonds. The van der Waals surface area contributed by atoms with Crippen molar-refractivity contribution in [3.8, 4) is 5.75 Å². The van der Waals surface area contributed by atoms with Crippen molar-refractivity contribution in [3.63, 3.8) is 0 Å². The Kier molecular flexibility index (Phi) is 8.12. The van der Waals surface area contributed by atoms with E-state index in [0.717, 1.165) is 69.3 Å². The maximum atomic E-state index is 12.4. The number of aromatic nitrogens is 3. The second-order valence-electron chi connectivity index (χ2n) is 8.81. The lowest BCUT2D eigenvalue weighted by Gasteiger charge is -2.21. The Hall–Kier alpha value is -2.45.